The highest BCUT2D eigenvalue weighted by molar-refractivity contribution is 5.85. The molecule has 0 N–H and O–H groups in total. The second-order valence-corrected chi connectivity index (χ2v) is 14.9. The van der Waals surface area contributed by atoms with Crippen molar-refractivity contribution in [3.05, 3.63) is 99.1 Å². The first kappa shape index (κ1) is 41.1. The molecule has 12 nitrogen and oxygen atoms in total. The predicted octanol–water partition coefficient (Wildman–Crippen LogP) is 7.14. The third-order valence-corrected chi connectivity index (χ3v) is 12.0. The number of hydrogen-bond donors (Lipinski definition) is 0. The van der Waals surface area contributed by atoms with Gasteiger partial charge in [0.25, 0.3) is 0 Å². The fourth-order valence-electron chi connectivity index (χ4n) is 8.94. The number of fused-ring (bicyclic) bond motifs is 8. The Balaban J connectivity index is 1.40. The summed E-state index contributed by atoms with van der Waals surface area (Å²) in [4.78, 5) is 33.0. The molecule has 3 aliphatic rings. The molecule has 312 valence electrons. The Kier molecular flexibility index (Phi) is 12.4. The highest BCUT2D eigenvalue weighted by Gasteiger charge is 2.36. The van der Waals surface area contributed by atoms with Gasteiger partial charge >= 0.3 is 0 Å². The summed E-state index contributed by atoms with van der Waals surface area (Å²) in [6, 6.07) is 15.3. The number of benzene rings is 4. The molecule has 2 atom stereocenters. The van der Waals surface area contributed by atoms with Gasteiger partial charge in [-0.2, -0.15) is 0 Å². The number of allylic oxidation sites excluding steroid dienone is 1. The quantitative estimate of drug-likeness (QED) is 0.182. The minimum Gasteiger partial charge on any atom is -0.493 e. The van der Waals surface area contributed by atoms with Crippen molar-refractivity contribution in [1.82, 2.24) is 9.80 Å². The summed E-state index contributed by atoms with van der Waals surface area (Å²) >= 11 is 0. The third kappa shape index (κ3) is 8.05. The zero-order chi connectivity index (χ0) is 41.8. The van der Waals surface area contributed by atoms with Crippen LogP contribution in [0.1, 0.15) is 69.4 Å². The van der Waals surface area contributed by atoms with E-state index in [-0.39, 0.29) is 36.7 Å². The summed E-state index contributed by atoms with van der Waals surface area (Å²) < 4.78 is 46.1. The molecule has 0 aromatic heterocycles. The molecule has 3 heterocycles. The molecular weight excluding hydrogens is 753 g/mol. The standard InChI is InChI=1S/C47H54N2O10/c1-52-38-20-28-10-9-11-29-21-39(53-2)43(57-6)25-33(29)19-37-35-27-45(59-8)41(55-4)23-31(35)15-17-49(37)47(51)13-12-46(50)48-16-14-30-22-40(54-3)44(58-7)26-34(30)36(48)18-32(28)24-42(38)56-5/h9-10,20-27,36-37H,11-19H2,1-8H3/b10-9+/t36-,37-/m1/s1. The highest BCUT2D eigenvalue weighted by Crippen LogP contribution is 2.44. The Morgan fingerprint density at radius 1 is 0.424 bits per heavy atom. The van der Waals surface area contributed by atoms with Crippen LogP contribution >= 0.6 is 0 Å². The summed E-state index contributed by atoms with van der Waals surface area (Å²) in [5.41, 5.74) is 8.05. The van der Waals surface area contributed by atoms with Gasteiger partial charge in [-0.05, 0) is 125 Å². The molecule has 0 saturated carbocycles. The lowest BCUT2D eigenvalue weighted by Crippen LogP contribution is -2.43. The fraction of sp³-hybridized carbons (Fsp3) is 0.404. The molecule has 59 heavy (non-hydrogen) atoms. The largest absolute Gasteiger partial charge is 0.493 e. The van der Waals surface area contributed by atoms with Crippen molar-refractivity contribution in [3.8, 4) is 46.0 Å². The van der Waals surface area contributed by atoms with E-state index in [1.165, 1.54) is 0 Å². The van der Waals surface area contributed by atoms with E-state index in [9.17, 15) is 9.59 Å². The van der Waals surface area contributed by atoms with E-state index in [0.717, 1.165) is 44.5 Å². The normalized spacial score (nSPS) is 18.4. The molecule has 4 aromatic rings. The maximum atomic E-state index is 14.6. The maximum absolute atomic E-state index is 14.6. The van der Waals surface area contributed by atoms with Crippen LogP contribution < -0.4 is 37.9 Å². The van der Waals surface area contributed by atoms with E-state index in [1.54, 1.807) is 56.9 Å². The molecule has 0 fully saturated rings. The zero-order valence-corrected chi connectivity index (χ0v) is 35.3. The second kappa shape index (κ2) is 17.8. The Hall–Kier alpha value is -6.04. The van der Waals surface area contributed by atoms with Crippen LogP contribution in [0.15, 0.2) is 54.6 Å². The van der Waals surface area contributed by atoms with Gasteiger partial charge in [0.1, 0.15) is 0 Å². The Morgan fingerprint density at radius 3 is 1.22 bits per heavy atom. The summed E-state index contributed by atoms with van der Waals surface area (Å²) in [5.74, 6) is 4.67. The highest BCUT2D eigenvalue weighted by atomic mass is 16.5. The van der Waals surface area contributed by atoms with Gasteiger partial charge in [0.05, 0.1) is 69.0 Å². The van der Waals surface area contributed by atoms with Crippen molar-refractivity contribution in [2.45, 2.75) is 57.0 Å². The summed E-state index contributed by atoms with van der Waals surface area (Å²) in [5, 5.41) is 0. The van der Waals surface area contributed by atoms with Crippen LogP contribution in [0.5, 0.6) is 46.0 Å². The molecule has 4 aromatic carbocycles. The molecule has 0 saturated heterocycles. The van der Waals surface area contributed by atoms with E-state index in [0.29, 0.717) is 91.2 Å². The number of nitrogens with zero attached hydrogens (tertiary/aromatic N) is 2. The number of carbonyl (C=O) groups excluding carboxylic acids is 2. The van der Waals surface area contributed by atoms with Crippen molar-refractivity contribution in [2.75, 3.05) is 70.0 Å². The number of ether oxygens (including phenoxy) is 8. The average Bonchev–Trinajstić information content (AvgIpc) is 3.27. The molecule has 0 bridgehead atoms. The molecular formula is C47H54N2O10. The number of amides is 2. The van der Waals surface area contributed by atoms with Crippen molar-refractivity contribution < 1.29 is 47.5 Å². The van der Waals surface area contributed by atoms with Gasteiger partial charge in [0, 0.05) is 25.9 Å². The van der Waals surface area contributed by atoms with Crippen molar-refractivity contribution >= 4 is 17.9 Å². The molecule has 7 rings (SSSR count). The van der Waals surface area contributed by atoms with Crippen LogP contribution in [-0.2, 0) is 41.7 Å². The SMILES string of the molecule is COc1cc2c(cc1OC)C[C@@H]1c3cc(OC)c(OC)cc3CCN1C(=O)CCC(=O)N1CCc3cc(OC)c(OC)cc3[C@H]1Cc1cc(OC)c(OC)cc1C/C=C/2. The molecule has 3 aliphatic heterocycles. The van der Waals surface area contributed by atoms with E-state index in [1.807, 2.05) is 58.3 Å². The van der Waals surface area contributed by atoms with E-state index < -0.39 is 0 Å². The minimum absolute atomic E-state index is 0.0558. The lowest BCUT2D eigenvalue weighted by Gasteiger charge is -2.39. The second-order valence-electron chi connectivity index (χ2n) is 14.9. The monoisotopic (exact) mass is 806 g/mol. The number of rotatable bonds is 8. The van der Waals surface area contributed by atoms with Crippen molar-refractivity contribution in [3.63, 3.8) is 0 Å². The van der Waals surface area contributed by atoms with E-state index in [2.05, 4.69) is 12.2 Å². The van der Waals surface area contributed by atoms with E-state index >= 15 is 0 Å². The third-order valence-electron chi connectivity index (χ3n) is 12.0. The van der Waals surface area contributed by atoms with Crippen LogP contribution in [0.3, 0.4) is 0 Å². The van der Waals surface area contributed by atoms with Gasteiger partial charge in [0.2, 0.25) is 11.8 Å². The lowest BCUT2D eigenvalue weighted by atomic mass is 9.86. The van der Waals surface area contributed by atoms with Crippen LogP contribution in [0.4, 0.5) is 0 Å². The maximum Gasteiger partial charge on any atom is 0.223 e. The summed E-state index contributed by atoms with van der Waals surface area (Å²) in [6.45, 7) is 0.974. The Labute approximate surface area is 346 Å². The van der Waals surface area contributed by atoms with Gasteiger partial charge in [-0.15, -0.1) is 0 Å². The van der Waals surface area contributed by atoms with Gasteiger partial charge in [-0.25, -0.2) is 0 Å². The Bertz CT molecular complexity index is 2250. The first-order valence-electron chi connectivity index (χ1n) is 19.9. The number of methoxy groups -OCH3 is 8. The fourth-order valence-corrected chi connectivity index (χ4v) is 8.94. The topological polar surface area (TPSA) is 114 Å². The van der Waals surface area contributed by atoms with Crippen LogP contribution in [0, 0.1) is 0 Å². The molecule has 0 unspecified atom stereocenters. The smallest absolute Gasteiger partial charge is 0.223 e. The van der Waals surface area contributed by atoms with E-state index in [4.69, 9.17) is 37.9 Å². The zero-order valence-electron chi connectivity index (χ0n) is 35.3. The first-order chi connectivity index (χ1) is 28.7. The van der Waals surface area contributed by atoms with Crippen LogP contribution in [-0.4, -0.2) is 91.6 Å². The predicted molar refractivity (Wildman–Crippen MR) is 224 cm³/mol. The lowest BCUT2D eigenvalue weighted by molar-refractivity contribution is -0.140. The van der Waals surface area contributed by atoms with Crippen molar-refractivity contribution in [1.29, 1.82) is 0 Å². The summed E-state index contributed by atoms with van der Waals surface area (Å²) in [7, 11) is 13.0. The van der Waals surface area contributed by atoms with Gasteiger partial charge < -0.3 is 47.7 Å². The Morgan fingerprint density at radius 2 is 0.780 bits per heavy atom. The van der Waals surface area contributed by atoms with Gasteiger partial charge in [-0.3, -0.25) is 9.59 Å². The van der Waals surface area contributed by atoms with Crippen LogP contribution in [0.2, 0.25) is 0 Å². The molecule has 0 radical (unpaired) electrons. The van der Waals surface area contributed by atoms with Crippen LogP contribution in [0.25, 0.3) is 6.08 Å². The number of carbonyl (C=O) groups is 2. The van der Waals surface area contributed by atoms with Gasteiger partial charge in [0.15, 0.2) is 46.0 Å². The molecule has 2 amide bonds. The molecule has 12 heteroatoms. The number of hydrogen-bond acceptors (Lipinski definition) is 10. The van der Waals surface area contributed by atoms with Crippen molar-refractivity contribution in [2.24, 2.45) is 0 Å². The van der Waals surface area contributed by atoms with Gasteiger partial charge in [-0.1, -0.05) is 12.2 Å². The molecule has 0 aliphatic carbocycles. The summed E-state index contributed by atoms with van der Waals surface area (Å²) in [6.07, 6.45) is 7.12. The molecule has 0 spiro atoms. The first-order valence-corrected chi connectivity index (χ1v) is 19.9. The average molecular weight is 807 g/mol. The minimum atomic E-state index is -0.364.